The minimum Gasteiger partial charge on any atom is -0.381 e. The van der Waals surface area contributed by atoms with Crippen LogP contribution in [0.3, 0.4) is 0 Å². The molecule has 0 bridgehead atoms. The molecule has 18 heavy (non-hydrogen) atoms. The smallest absolute Gasteiger partial charge is 0.311 e. The molecule has 0 unspecified atom stereocenters. The van der Waals surface area contributed by atoms with Gasteiger partial charge in [0, 0.05) is 32.4 Å². The molecule has 7 nitrogen and oxygen atoms in total. The van der Waals surface area contributed by atoms with Crippen molar-refractivity contribution in [3.05, 3.63) is 22.2 Å². The topological polar surface area (TPSA) is 89.3 Å². The quantitative estimate of drug-likeness (QED) is 0.625. The first kappa shape index (κ1) is 12.6. The molecule has 2 heterocycles. The molecule has 2 N–H and O–H groups in total. The van der Waals surface area contributed by atoms with Crippen LogP contribution in [0.1, 0.15) is 12.8 Å². The maximum Gasteiger partial charge on any atom is 0.311 e. The largest absolute Gasteiger partial charge is 0.381 e. The second-order valence-corrected chi connectivity index (χ2v) is 4.10. The molecule has 0 aromatic carbocycles. The summed E-state index contributed by atoms with van der Waals surface area (Å²) in [5.74, 6) is 0.925. The van der Waals surface area contributed by atoms with Crippen molar-refractivity contribution in [3.8, 4) is 0 Å². The van der Waals surface area contributed by atoms with Gasteiger partial charge in [-0.15, -0.1) is 0 Å². The van der Waals surface area contributed by atoms with Gasteiger partial charge in [0.25, 0.3) is 0 Å². The van der Waals surface area contributed by atoms with Crippen LogP contribution in [0.15, 0.2) is 12.1 Å². The van der Waals surface area contributed by atoms with E-state index in [-0.39, 0.29) is 11.7 Å². The first-order valence-electron chi connectivity index (χ1n) is 5.88. The number of hydrogen-bond donors (Lipinski definition) is 2. The molecule has 2 rings (SSSR count). The van der Waals surface area contributed by atoms with Gasteiger partial charge in [0.1, 0.15) is 5.82 Å². The first-order valence-corrected chi connectivity index (χ1v) is 5.88. The normalized spacial score (nSPS) is 16.3. The van der Waals surface area contributed by atoms with Crippen molar-refractivity contribution in [2.75, 3.05) is 30.9 Å². The van der Waals surface area contributed by atoms with E-state index in [0.29, 0.717) is 24.8 Å². The second kappa shape index (κ2) is 5.63. The number of aromatic nitrogens is 1. The molecular formula is C11H16N4O3. The van der Waals surface area contributed by atoms with Crippen molar-refractivity contribution in [3.63, 3.8) is 0 Å². The van der Waals surface area contributed by atoms with Crippen molar-refractivity contribution in [2.24, 2.45) is 0 Å². The lowest BCUT2D eigenvalue weighted by molar-refractivity contribution is -0.384. The standard InChI is InChI=1S/C11H16N4O3/c1-12-10-3-2-9(15(16)17)11(14-10)13-8-4-6-18-7-5-8/h2-3,8H,4-7H2,1H3,(H2,12,13,14). The van der Waals surface area contributed by atoms with Gasteiger partial charge in [-0.1, -0.05) is 0 Å². The van der Waals surface area contributed by atoms with Crippen molar-refractivity contribution >= 4 is 17.3 Å². The van der Waals surface area contributed by atoms with Gasteiger partial charge in [-0.05, 0) is 18.9 Å². The van der Waals surface area contributed by atoms with Crippen molar-refractivity contribution < 1.29 is 9.66 Å². The lowest BCUT2D eigenvalue weighted by atomic mass is 10.1. The van der Waals surface area contributed by atoms with Crippen LogP contribution in [0.5, 0.6) is 0 Å². The summed E-state index contributed by atoms with van der Waals surface area (Å²) in [6.45, 7) is 1.36. The highest BCUT2D eigenvalue weighted by Gasteiger charge is 2.20. The van der Waals surface area contributed by atoms with E-state index in [4.69, 9.17) is 4.74 Å². The molecule has 1 aliphatic rings. The zero-order valence-electron chi connectivity index (χ0n) is 10.2. The highest BCUT2D eigenvalue weighted by Crippen LogP contribution is 2.26. The maximum atomic E-state index is 10.9. The molecule has 0 atom stereocenters. The van der Waals surface area contributed by atoms with E-state index >= 15 is 0 Å². The number of rotatable bonds is 4. The Labute approximate surface area is 105 Å². The summed E-state index contributed by atoms with van der Waals surface area (Å²) in [4.78, 5) is 14.7. The number of pyridine rings is 1. The van der Waals surface area contributed by atoms with E-state index in [1.54, 1.807) is 13.1 Å². The summed E-state index contributed by atoms with van der Waals surface area (Å²) in [6, 6.07) is 3.23. The third-order valence-corrected chi connectivity index (χ3v) is 2.89. The molecule has 1 aromatic heterocycles. The molecule has 0 radical (unpaired) electrons. The third kappa shape index (κ3) is 2.86. The Morgan fingerprint density at radius 1 is 1.44 bits per heavy atom. The summed E-state index contributed by atoms with van der Waals surface area (Å²) in [5.41, 5.74) is 0.000455. The zero-order valence-corrected chi connectivity index (χ0v) is 10.2. The molecule has 0 spiro atoms. The molecule has 1 fully saturated rings. The van der Waals surface area contributed by atoms with E-state index < -0.39 is 4.92 Å². The molecule has 1 saturated heterocycles. The fraction of sp³-hybridized carbons (Fsp3) is 0.545. The number of nitrogens with zero attached hydrogens (tertiary/aromatic N) is 2. The highest BCUT2D eigenvalue weighted by atomic mass is 16.6. The van der Waals surface area contributed by atoms with E-state index in [0.717, 1.165) is 12.8 Å². The molecule has 0 aliphatic carbocycles. The molecule has 7 heteroatoms. The lowest BCUT2D eigenvalue weighted by Gasteiger charge is -2.23. The van der Waals surface area contributed by atoms with Crippen LogP contribution in [0, 0.1) is 10.1 Å². The Balaban J connectivity index is 2.19. The van der Waals surface area contributed by atoms with Crippen LogP contribution >= 0.6 is 0 Å². The average Bonchev–Trinajstić information content (AvgIpc) is 2.39. The van der Waals surface area contributed by atoms with Crippen molar-refractivity contribution in [2.45, 2.75) is 18.9 Å². The first-order chi connectivity index (χ1) is 8.70. The average molecular weight is 252 g/mol. The summed E-state index contributed by atoms with van der Waals surface area (Å²) < 4.78 is 5.25. The van der Waals surface area contributed by atoms with Gasteiger partial charge >= 0.3 is 5.69 Å². The van der Waals surface area contributed by atoms with Crippen molar-refractivity contribution in [1.29, 1.82) is 0 Å². The van der Waals surface area contributed by atoms with Gasteiger partial charge < -0.3 is 15.4 Å². The SMILES string of the molecule is CNc1ccc([N+](=O)[O-])c(NC2CCOCC2)n1. The highest BCUT2D eigenvalue weighted by molar-refractivity contribution is 5.60. The number of ether oxygens (including phenoxy) is 1. The summed E-state index contributed by atoms with van der Waals surface area (Å²) in [6.07, 6.45) is 1.67. The minimum absolute atomic E-state index is 0.000455. The van der Waals surface area contributed by atoms with Crippen LogP contribution in [-0.2, 0) is 4.74 Å². The Morgan fingerprint density at radius 3 is 2.78 bits per heavy atom. The van der Waals surface area contributed by atoms with Gasteiger partial charge in [-0.3, -0.25) is 10.1 Å². The second-order valence-electron chi connectivity index (χ2n) is 4.10. The molecular weight excluding hydrogens is 236 g/mol. The monoisotopic (exact) mass is 252 g/mol. The minimum atomic E-state index is -0.423. The Kier molecular flexibility index (Phi) is 3.93. The number of hydrogen-bond acceptors (Lipinski definition) is 6. The van der Waals surface area contributed by atoms with E-state index in [9.17, 15) is 10.1 Å². The van der Waals surface area contributed by atoms with E-state index in [1.807, 2.05) is 0 Å². The Morgan fingerprint density at radius 2 is 2.17 bits per heavy atom. The van der Waals surface area contributed by atoms with Crippen LogP contribution in [0.2, 0.25) is 0 Å². The van der Waals surface area contributed by atoms with Crippen molar-refractivity contribution in [1.82, 2.24) is 4.98 Å². The van der Waals surface area contributed by atoms with Crippen LogP contribution in [0.4, 0.5) is 17.3 Å². The predicted molar refractivity (Wildman–Crippen MR) is 67.9 cm³/mol. The van der Waals surface area contributed by atoms with Gasteiger partial charge in [-0.25, -0.2) is 4.98 Å². The van der Waals surface area contributed by atoms with Crippen LogP contribution in [0.25, 0.3) is 0 Å². The van der Waals surface area contributed by atoms with Crippen LogP contribution in [-0.4, -0.2) is 36.2 Å². The summed E-state index contributed by atoms with van der Waals surface area (Å²) in [7, 11) is 1.73. The van der Waals surface area contributed by atoms with Gasteiger partial charge in [0.05, 0.1) is 4.92 Å². The maximum absolute atomic E-state index is 10.9. The molecule has 98 valence electrons. The fourth-order valence-electron chi connectivity index (χ4n) is 1.88. The van der Waals surface area contributed by atoms with E-state index in [2.05, 4.69) is 15.6 Å². The van der Waals surface area contributed by atoms with Gasteiger partial charge in [-0.2, -0.15) is 0 Å². The third-order valence-electron chi connectivity index (χ3n) is 2.89. The predicted octanol–water partition coefficient (Wildman–Crippen LogP) is 1.62. The number of nitrogens with one attached hydrogen (secondary N) is 2. The molecule has 1 aliphatic heterocycles. The summed E-state index contributed by atoms with van der Waals surface area (Å²) >= 11 is 0. The van der Waals surface area contributed by atoms with Gasteiger partial charge in [0.15, 0.2) is 0 Å². The number of anilines is 2. The Bertz CT molecular complexity index is 432. The lowest BCUT2D eigenvalue weighted by Crippen LogP contribution is -2.28. The molecule has 0 amide bonds. The molecule has 1 aromatic rings. The van der Waals surface area contributed by atoms with Gasteiger partial charge in [0.2, 0.25) is 5.82 Å². The zero-order chi connectivity index (χ0) is 13.0. The van der Waals surface area contributed by atoms with E-state index in [1.165, 1.54) is 6.07 Å². The fourth-order valence-corrected chi connectivity index (χ4v) is 1.88. The Hall–Kier alpha value is -1.89. The summed E-state index contributed by atoms with van der Waals surface area (Å²) in [5, 5.41) is 16.9. The van der Waals surface area contributed by atoms with Crippen LogP contribution < -0.4 is 10.6 Å². The number of nitro groups is 1. The molecule has 0 saturated carbocycles.